The molecule has 3 aromatic rings. The van der Waals surface area contributed by atoms with E-state index in [1.807, 2.05) is 13.8 Å². The molecule has 0 spiro atoms. The molecule has 0 bridgehead atoms. The van der Waals surface area contributed by atoms with Crippen LogP contribution in [0, 0.1) is 12.8 Å². The number of anilines is 3. The van der Waals surface area contributed by atoms with Gasteiger partial charge in [-0.2, -0.15) is 0 Å². The number of nitrogens with zero attached hydrogens (tertiary/aromatic N) is 1. The van der Waals surface area contributed by atoms with Crippen molar-refractivity contribution >= 4 is 17.1 Å². The van der Waals surface area contributed by atoms with Gasteiger partial charge in [-0.1, -0.05) is 94.0 Å². The third kappa shape index (κ3) is 5.73. The predicted octanol–water partition coefficient (Wildman–Crippen LogP) is 8.61. The van der Waals surface area contributed by atoms with Crippen molar-refractivity contribution in [3.8, 4) is 0 Å². The van der Waals surface area contributed by atoms with Crippen molar-refractivity contribution in [2.75, 3.05) is 4.90 Å². The molecule has 0 aliphatic heterocycles. The fraction of sp³-hybridized carbons (Fsp3) is 0.357. The maximum absolute atomic E-state index is 2.34. The van der Waals surface area contributed by atoms with E-state index in [0.717, 1.165) is 5.92 Å². The van der Waals surface area contributed by atoms with Crippen LogP contribution in [0.2, 0.25) is 0 Å². The standard InChI is InChI=1S/C26H29N.C2H6/c1-21-12-16-25(17-13-21)27(24-10-6-3-7-11-24)26-18-14-23(15-19-26)20-22-8-4-2-5-9-22;1-2/h3,6-7,10-19,22H,2,4-5,8-9,20H2,1H3;1-2H3. The minimum atomic E-state index is 0.881. The summed E-state index contributed by atoms with van der Waals surface area (Å²) in [6.07, 6.45) is 8.30. The first-order valence-corrected chi connectivity index (χ1v) is 11.3. The molecule has 0 amide bonds. The summed E-state index contributed by atoms with van der Waals surface area (Å²) in [6, 6.07) is 28.6. The molecular weight excluding hydrogens is 350 g/mol. The fourth-order valence-corrected chi connectivity index (χ4v) is 4.22. The Kier molecular flexibility index (Phi) is 7.93. The van der Waals surface area contributed by atoms with E-state index in [2.05, 4.69) is 90.7 Å². The molecule has 1 nitrogen and oxygen atoms in total. The normalized spacial score (nSPS) is 14.0. The lowest BCUT2D eigenvalue weighted by atomic mass is 9.85. The van der Waals surface area contributed by atoms with E-state index in [4.69, 9.17) is 0 Å². The Labute approximate surface area is 177 Å². The van der Waals surface area contributed by atoms with E-state index < -0.39 is 0 Å². The smallest absolute Gasteiger partial charge is 0.0461 e. The Balaban J connectivity index is 0.00000117. The quantitative estimate of drug-likeness (QED) is 0.425. The molecular formula is C28H35N. The first-order chi connectivity index (χ1) is 14.3. The van der Waals surface area contributed by atoms with Crippen LogP contribution < -0.4 is 4.90 Å². The third-order valence-corrected chi connectivity index (χ3v) is 5.75. The van der Waals surface area contributed by atoms with Crippen LogP contribution in [0.15, 0.2) is 78.9 Å². The number of hydrogen-bond donors (Lipinski definition) is 0. The molecule has 3 aromatic carbocycles. The van der Waals surface area contributed by atoms with Crippen LogP contribution in [0.3, 0.4) is 0 Å². The monoisotopic (exact) mass is 385 g/mol. The van der Waals surface area contributed by atoms with Crippen molar-refractivity contribution < 1.29 is 0 Å². The zero-order valence-electron chi connectivity index (χ0n) is 18.3. The highest BCUT2D eigenvalue weighted by Gasteiger charge is 2.15. The molecule has 0 atom stereocenters. The molecule has 1 fully saturated rings. The van der Waals surface area contributed by atoms with Gasteiger partial charge in [0, 0.05) is 17.1 Å². The van der Waals surface area contributed by atoms with Crippen molar-refractivity contribution in [2.24, 2.45) is 5.92 Å². The van der Waals surface area contributed by atoms with Gasteiger partial charge in [0.1, 0.15) is 0 Å². The summed E-state index contributed by atoms with van der Waals surface area (Å²) in [5.41, 5.74) is 6.38. The van der Waals surface area contributed by atoms with Crippen LogP contribution in [0.5, 0.6) is 0 Å². The second-order valence-corrected chi connectivity index (χ2v) is 7.88. The highest BCUT2D eigenvalue weighted by molar-refractivity contribution is 5.76. The summed E-state index contributed by atoms with van der Waals surface area (Å²) in [4.78, 5) is 2.34. The summed E-state index contributed by atoms with van der Waals surface area (Å²) in [5.74, 6) is 0.881. The molecule has 1 saturated carbocycles. The molecule has 0 radical (unpaired) electrons. The summed E-state index contributed by atoms with van der Waals surface area (Å²) in [5, 5.41) is 0. The van der Waals surface area contributed by atoms with Gasteiger partial charge in [-0.3, -0.25) is 0 Å². The van der Waals surface area contributed by atoms with Gasteiger partial charge in [0.2, 0.25) is 0 Å². The van der Waals surface area contributed by atoms with Gasteiger partial charge in [0.15, 0.2) is 0 Å². The number of hydrogen-bond acceptors (Lipinski definition) is 1. The Morgan fingerprint density at radius 1 is 0.655 bits per heavy atom. The van der Waals surface area contributed by atoms with Crippen molar-refractivity contribution in [1.82, 2.24) is 0 Å². The second-order valence-electron chi connectivity index (χ2n) is 7.88. The molecule has 0 saturated heterocycles. The molecule has 1 aliphatic rings. The first kappa shape index (κ1) is 21.2. The molecule has 0 aromatic heterocycles. The Bertz CT molecular complexity index is 828. The molecule has 0 heterocycles. The SMILES string of the molecule is CC.Cc1ccc(N(c2ccccc2)c2ccc(CC3CCCCC3)cc2)cc1. The topological polar surface area (TPSA) is 3.24 Å². The van der Waals surface area contributed by atoms with E-state index >= 15 is 0 Å². The molecule has 4 rings (SSSR count). The second kappa shape index (κ2) is 10.9. The molecule has 152 valence electrons. The summed E-state index contributed by atoms with van der Waals surface area (Å²) in [6.45, 7) is 6.14. The van der Waals surface area contributed by atoms with E-state index in [0.29, 0.717) is 0 Å². The third-order valence-electron chi connectivity index (χ3n) is 5.75. The van der Waals surface area contributed by atoms with Gasteiger partial charge in [0.25, 0.3) is 0 Å². The summed E-state index contributed by atoms with van der Waals surface area (Å²) < 4.78 is 0. The van der Waals surface area contributed by atoms with Crippen molar-refractivity contribution in [3.05, 3.63) is 90.0 Å². The molecule has 0 N–H and O–H groups in total. The number of aryl methyl sites for hydroxylation is 1. The molecule has 0 unspecified atom stereocenters. The van der Waals surface area contributed by atoms with Gasteiger partial charge in [0.05, 0.1) is 0 Å². The number of rotatable bonds is 5. The van der Waals surface area contributed by atoms with Gasteiger partial charge < -0.3 is 4.90 Å². The largest absolute Gasteiger partial charge is 0.311 e. The van der Waals surface area contributed by atoms with Crippen LogP contribution in [0.4, 0.5) is 17.1 Å². The highest BCUT2D eigenvalue weighted by atomic mass is 15.1. The van der Waals surface area contributed by atoms with Crippen LogP contribution in [-0.2, 0) is 6.42 Å². The van der Waals surface area contributed by atoms with Gasteiger partial charge in [-0.25, -0.2) is 0 Å². The first-order valence-electron chi connectivity index (χ1n) is 11.3. The maximum atomic E-state index is 2.34. The molecule has 1 aliphatic carbocycles. The van der Waals surface area contributed by atoms with Crippen LogP contribution in [0.1, 0.15) is 57.1 Å². The zero-order chi connectivity index (χ0) is 20.5. The van der Waals surface area contributed by atoms with Crippen LogP contribution in [0.25, 0.3) is 0 Å². The average Bonchev–Trinajstić information content (AvgIpc) is 2.79. The van der Waals surface area contributed by atoms with Crippen LogP contribution in [-0.4, -0.2) is 0 Å². The Morgan fingerprint density at radius 2 is 1.17 bits per heavy atom. The van der Waals surface area contributed by atoms with Crippen molar-refractivity contribution in [3.63, 3.8) is 0 Å². The number of para-hydroxylation sites is 1. The lowest BCUT2D eigenvalue weighted by Crippen LogP contribution is -2.11. The van der Waals surface area contributed by atoms with E-state index in [9.17, 15) is 0 Å². The zero-order valence-corrected chi connectivity index (χ0v) is 18.3. The maximum Gasteiger partial charge on any atom is 0.0461 e. The van der Waals surface area contributed by atoms with Gasteiger partial charge in [-0.05, 0) is 61.2 Å². The Morgan fingerprint density at radius 3 is 1.76 bits per heavy atom. The van der Waals surface area contributed by atoms with Crippen LogP contribution >= 0.6 is 0 Å². The van der Waals surface area contributed by atoms with Crippen molar-refractivity contribution in [1.29, 1.82) is 0 Å². The molecule has 1 heteroatoms. The van der Waals surface area contributed by atoms with Gasteiger partial charge >= 0.3 is 0 Å². The Hall–Kier alpha value is -2.54. The number of benzene rings is 3. The lowest BCUT2D eigenvalue weighted by Gasteiger charge is -2.26. The average molecular weight is 386 g/mol. The highest BCUT2D eigenvalue weighted by Crippen LogP contribution is 2.35. The minimum Gasteiger partial charge on any atom is -0.311 e. The minimum absolute atomic E-state index is 0.881. The van der Waals surface area contributed by atoms with E-state index in [-0.39, 0.29) is 0 Å². The van der Waals surface area contributed by atoms with Gasteiger partial charge in [-0.15, -0.1) is 0 Å². The van der Waals surface area contributed by atoms with E-state index in [1.54, 1.807) is 0 Å². The van der Waals surface area contributed by atoms with E-state index in [1.165, 1.54) is 66.7 Å². The summed E-state index contributed by atoms with van der Waals surface area (Å²) >= 11 is 0. The van der Waals surface area contributed by atoms with Crippen molar-refractivity contribution in [2.45, 2.75) is 59.3 Å². The predicted molar refractivity (Wildman–Crippen MR) is 127 cm³/mol. The molecule has 29 heavy (non-hydrogen) atoms. The fourth-order valence-electron chi connectivity index (χ4n) is 4.22. The summed E-state index contributed by atoms with van der Waals surface area (Å²) in [7, 11) is 0. The lowest BCUT2D eigenvalue weighted by molar-refractivity contribution is 0.356.